The first-order valence-electron chi connectivity index (χ1n) is 3.98. The van der Waals surface area contributed by atoms with Gasteiger partial charge in [-0.15, -0.1) is 0 Å². The van der Waals surface area contributed by atoms with E-state index in [4.69, 9.17) is 23.1 Å². The normalized spacial score (nSPS) is 9.08. The van der Waals surface area contributed by atoms with E-state index in [1.54, 1.807) is 12.1 Å². The molecule has 0 saturated carbocycles. The van der Waals surface area contributed by atoms with E-state index in [1.165, 1.54) is 0 Å². The molecule has 1 aromatic carbocycles. The minimum atomic E-state index is 0.541. The first-order valence-corrected chi connectivity index (χ1v) is 4.36. The predicted octanol–water partition coefficient (Wildman–Crippen LogP) is 1.62. The van der Waals surface area contributed by atoms with Crippen LogP contribution in [0.4, 0.5) is 5.69 Å². The average molecular weight is 195 g/mol. The lowest BCUT2D eigenvalue weighted by atomic mass is 10.2. The van der Waals surface area contributed by atoms with Gasteiger partial charge in [-0.25, -0.2) is 0 Å². The van der Waals surface area contributed by atoms with Crippen molar-refractivity contribution >= 4 is 17.3 Å². The van der Waals surface area contributed by atoms with Crippen LogP contribution >= 0.6 is 11.6 Å². The van der Waals surface area contributed by atoms with E-state index < -0.39 is 0 Å². The number of hydrogen-bond acceptors (Lipinski definition) is 2. The lowest BCUT2D eigenvalue weighted by Crippen LogP contribution is -1.95. The number of anilines is 1. The lowest BCUT2D eigenvalue weighted by Gasteiger charge is -1.96. The summed E-state index contributed by atoms with van der Waals surface area (Å²) in [6.07, 6.45) is 0.696. The highest BCUT2D eigenvalue weighted by atomic mass is 35.5. The smallest absolute Gasteiger partial charge is 0.0647 e. The first-order chi connectivity index (χ1) is 6.24. The van der Waals surface area contributed by atoms with E-state index in [-0.39, 0.29) is 0 Å². The minimum Gasteiger partial charge on any atom is -0.398 e. The molecule has 0 radical (unpaired) electrons. The average Bonchev–Trinajstić information content (AvgIpc) is 2.12. The number of nitrogens with two attached hydrogens (primary N) is 2. The number of rotatable bonds is 1. The standard InChI is InChI=1S/C10H11ClN2/c11-9-7-8(3-1-2-6-12)4-5-10(9)13/h4-5,7H,2,6,12-13H2. The molecule has 13 heavy (non-hydrogen) atoms. The van der Waals surface area contributed by atoms with Crippen molar-refractivity contribution in [2.45, 2.75) is 6.42 Å². The van der Waals surface area contributed by atoms with Crippen molar-refractivity contribution in [2.24, 2.45) is 5.73 Å². The van der Waals surface area contributed by atoms with E-state index in [0.29, 0.717) is 23.7 Å². The van der Waals surface area contributed by atoms with Crippen LogP contribution in [0, 0.1) is 11.8 Å². The molecule has 0 aliphatic heterocycles. The molecule has 0 aliphatic rings. The number of hydrogen-bond donors (Lipinski definition) is 2. The summed E-state index contributed by atoms with van der Waals surface area (Å²) < 4.78 is 0. The van der Waals surface area contributed by atoms with Crippen LogP contribution in [0.2, 0.25) is 5.02 Å². The van der Waals surface area contributed by atoms with Crippen LogP contribution in [-0.2, 0) is 0 Å². The molecule has 0 saturated heterocycles. The van der Waals surface area contributed by atoms with Crippen LogP contribution in [0.1, 0.15) is 12.0 Å². The molecule has 0 unspecified atom stereocenters. The monoisotopic (exact) mass is 194 g/mol. The summed E-state index contributed by atoms with van der Waals surface area (Å²) in [7, 11) is 0. The van der Waals surface area contributed by atoms with E-state index in [0.717, 1.165) is 5.56 Å². The highest BCUT2D eigenvalue weighted by Crippen LogP contribution is 2.18. The van der Waals surface area contributed by atoms with E-state index in [9.17, 15) is 0 Å². The Kier molecular flexibility index (Phi) is 3.63. The number of benzene rings is 1. The summed E-state index contributed by atoms with van der Waals surface area (Å²) in [5, 5.41) is 0.541. The van der Waals surface area contributed by atoms with Gasteiger partial charge in [0.25, 0.3) is 0 Å². The molecule has 0 aliphatic carbocycles. The third kappa shape index (κ3) is 2.98. The van der Waals surface area contributed by atoms with E-state index in [2.05, 4.69) is 11.8 Å². The fourth-order valence-electron chi connectivity index (χ4n) is 0.842. The summed E-state index contributed by atoms with van der Waals surface area (Å²) in [5.41, 5.74) is 12.3. The Labute approximate surface area is 82.9 Å². The van der Waals surface area contributed by atoms with Gasteiger partial charge >= 0.3 is 0 Å². The molecule has 0 fully saturated rings. The van der Waals surface area contributed by atoms with Crippen molar-refractivity contribution in [3.8, 4) is 11.8 Å². The van der Waals surface area contributed by atoms with Crippen LogP contribution < -0.4 is 11.5 Å². The molecule has 0 heterocycles. The minimum absolute atomic E-state index is 0.541. The Morgan fingerprint density at radius 1 is 1.38 bits per heavy atom. The van der Waals surface area contributed by atoms with Gasteiger partial charge in [-0.1, -0.05) is 23.4 Å². The zero-order valence-electron chi connectivity index (χ0n) is 7.18. The maximum atomic E-state index is 5.81. The Hall–Kier alpha value is -1.17. The third-order valence-corrected chi connectivity index (χ3v) is 1.83. The van der Waals surface area contributed by atoms with E-state index >= 15 is 0 Å². The van der Waals surface area contributed by atoms with Crippen molar-refractivity contribution in [1.82, 2.24) is 0 Å². The van der Waals surface area contributed by atoms with Crippen LogP contribution in [0.5, 0.6) is 0 Å². The second kappa shape index (κ2) is 4.76. The van der Waals surface area contributed by atoms with Gasteiger partial charge in [-0.3, -0.25) is 0 Å². The molecule has 68 valence electrons. The van der Waals surface area contributed by atoms with Crippen LogP contribution in [0.25, 0.3) is 0 Å². The quantitative estimate of drug-likeness (QED) is 0.527. The Morgan fingerprint density at radius 2 is 2.15 bits per heavy atom. The summed E-state index contributed by atoms with van der Waals surface area (Å²) >= 11 is 5.81. The molecule has 0 amide bonds. The molecule has 3 heteroatoms. The largest absolute Gasteiger partial charge is 0.398 e. The Bertz CT molecular complexity index is 350. The van der Waals surface area contributed by atoms with Crippen molar-refractivity contribution in [2.75, 3.05) is 12.3 Å². The molecule has 0 aromatic heterocycles. The molecular weight excluding hydrogens is 184 g/mol. The fraction of sp³-hybridized carbons (Fsp3) is 0.200. The van der Waals surface area contributed by atoms with Crippen LogP contribution in [-0.4, -0.2) is 6.54 Å². The molecule has 1 aromatic rings. The van der Waals surface area contributed by atoms with Crippen molar-refractivity contribution < 1.29 is 0 Å². The maximum absolute atomic E-state index is 5.81. The summed E-state index contributed by atoms with van der Waals surface area (Å²) in [6, 6.07) is 5.33. The van der Waals surface area contributed by atoms with Crippen molar-refractivity contribution in [3.63, 3.8) is 0 Å². The third-order valence-electron chi connectivity index (χ3n) is 1.50. The van der Waals surface area contributed by atoms with Crippen molar-refractivity contribution in [1.29, 1.82) is 0 Å². The number of nitrogen functional groups attached to an aromatic ring is 1. The maximum Gasteiger partial charge on any atom is 0.0647 e. The molecule has 4 N–H and O–H groups in total. The highest BCUT2D eigenvalue weighted by molar-refractivity contribution is 6.33. The molecule has 0 spiro atoms. The van der Waals surface area contributed by atoms with Gasteiger partial charge in [0.15, 0.2) is 0 Å². The van der Waals surface area contributed by atoms with Crippen LogP contribution in [0.3, 0.4) is 0 Å². The van der Waals surface area contributed by atoms with Gasteiger partial charge in [-0.05, 0) is 18.2 Å². The molecule has 2 nitrogen and oxygen atoms in total. The van der Waals surface area contributed by atoms with Gasteiger partial charge in [0, 0.05) is 18.5 Å². The van der Waals surface area contributed by atoms with Gasteiger partial charge in [0.2, 0.25) is 0 Å². The van der Waals surface area contributed by atoms with Gasteiger partial charge in [-0.2, -0.15) is 0 Å². The SMILES string of the molecule is NCCC#Cc1ccc(N)c(Cl)c1. The summed E-state index contributed by atoms with van der Waals surface area (Å²) in [6.45, 7) is 0.579. The highest BCUT2D eigenvalue weighted by Gasteiger charge is 1.94. The van der Waals surface area contributed by atoms with Gasteiger partial charge in [0.05, 0.1) is 10.7 Å². The Balaban J connectivity index is 2.81. The first kappa shape index (κ1) is 9.91. The second-order valence-corrected chi connectivity index (χ2v) is 2.98. The van der Waals surface area contributed by atoms with Gasteiger partial charge in [0.1, 0.15) is 0 Å². The fourth-order valence-corrected chi connectivity index (χ4v) is 1.02. The zero-order valence-corrected chi connectivity index (χ0v) is 7.93. The lowest BCUT2D eigenvalue weighted by molar-refractivity contribution is 1.03. The summed E-state index contributed by atoms with van der Waals surface area (Å²) in [5.74, 6) is 5.87. The van der Waals surface area contributed by atoms with Crippen LogP contribution in [0.15, 0.2) is 18.2 Å². The number of halogens is 1. The topological polar surface area (TPSA) is 52.0 Å². The molecule has 0 bridgehead atoms. The summed E-state index contributed by atoms with van der Waals surface area (Å²) in [4.78, 5) is 0. The second-order valence-electron chi connectivity index (χ2n) is 2.58. The Morgan fingerprint density at radius 3 is 2.77 bits per heavy atom. The predicted molar refractivity (Wildman–Crippen MR) is 56.4 cm³/mol. The zero-order chi connectivity index (χ0) is 9.68. The van der Waals surface area contributed by atoms with Crippen molar-refractivity contribution in [3.05, 3.63) is 28.8 Å². The van der Waals surface area contributed by atoms with E-state index in [1.807, 2.05) is 6.07 Å². The molecule has 0 atom stereocenters. The molecule has 1 rings (SSSR count). The van der Waals surface area contributed by atoms with Gasteiger partial charge < -0.3 is 11.5 Å². The molecular formula is C10H11ClN2.